The number of aliphatic carboxylic acids is 1. The van der Waals surface area contributed by atoms with E-state index in [1.165, 1.54) is 6.08 Å². The number of nitrogens with zero attached hydrogens (tertiary/aromatic N) is 1. The van der Waals surface area contributed by atoms with Crippen molar-refractivity contribution < 1.29 is 19.5 Å². The van der Waals surface area contributed by atoms with Gasteiger partial charge in [0.25, 0.3) is 0 Å². The van der Waals surface area contributed by atoms with Gasteiger partial charge in [-0.3, -0.25) is 19.8 Å². The summed E-state index contributed by atoms with van der Waals surface area (Å²) in [7, 11) is 0. The molecule has 2 unspecified atom stereocenters. The Morgan fingerprint density at radius 3 is 2.63 bits per heavy atom. The normalized spacial score (nSPS) is 17.4. The van der Waals surface area contributed by atoms with Gasteiger partial charge in [-0.25, -0.2) is 0 Å². The third kappa shape index (κ3) is 5.40. The molecule has 2 atom stereocenters. The zero-order valence-electron chi connectivity index (χ0n) is 15.0. The first-order valence-electron chi connectivity index (χ1n) is 8.71. The molecule has 0 aromatic heterocycles. The number of anilines is 1. The Bertz CT molecular complexity index is 745. The van der Waals surface area contributed by atoms with E-state index in [4.69, 9.17) is 16.2 Å². The van der Waals surface area contributed by atoms with Gasteiger partial charge in [0, 0.05) is 42.6 Å². The van der Waals surface area contributed by atoms with E-state index in [9.17, 15) is 14.4 Å². The summed E-state index contributed by atoms with van der Waals surface area (Å²) in [6.45, 7) is 4.12. The summed E-state index contributed by atoms with van der Waals surface area (Å²) >= 11 is 0. The number of nitrogens with two attached hydrogens (primary N) is 1. The van der Waals surface area contributed by atoms with Crippen molar-refractivity contribution in [2.75, 3.05) is 11.4 Å². The fourth-order valence-electron chi connectivity index (χ4n) is 3.02. The Kier molecular flexibility index (Phi) is 6.70. The number of amides is 2. The Labute approximate surface area is 157 Å². The zero-order chi connectivity index (χ0) is 20.0. The highest BCUT2D eigenvalue weighted by Crippen LogP contribution is 2.27. The molecular formula is C19H24N4O4. The van der Waals surface area contributed by atoms with Crippen molar-refractivity contribution in [1.82, 2.24) is 5.32 Å². The minimum absolute atomic E-state index is 0.0384. The quantitative estimate of drug-likeness (QED) is 0.294. The van der Waals surface area contributed by atoms with Crippen LogP contribution in [-0.4, -0.2) is 41.3 Å². The highest BCUT2D eigenvalue weighted by Gasteiger charge is 2.34. The Morgan fingerprint density at radius 2 is 2.07 bits per heavy atom. The molecule has 144 valence electrons. The van der Waals surface area contributed by atoms with Crippen LogP contribution in [0.25, 0.3) is 0 Å². The summed E-state index contributed by atoms with van der Waals surface area (Å²) in [6, 6.07) is 6.40. The first-order chi connectivity index (χ1) is 12.8. The Balaban J connectivity index is 1.92. The molecule has 0 radical (unpaired) electrons. The lowest BCUT2D eigenvalue weighted by molar-refractivity contribution is -0.137. The maximum absolute atomic E-state index is 12.6. The van der Waals surface area contributed by atoms with Crippen molar-refractivity contribution >= 4 is 29.3 Å². The fourth-order valence-corrected chi connectivity index (χ4v) is 3.02. The minimum atomic E-state index is -0.937. The molecule has 0 bridgehead atoms. The van der Waals surface area contributed by atoms with Crippen molar-refractivity contribution in [3.63, 3.8) is 0 Å². The molecular weight excluding hydrogens is 348 g/mol. The monoisotopic (exact) mass is 372 g/mol. The summed E-state index contributed by atoms with van der Waals surface area (Å²) in [6.07, 6.45) is 2.31. The number of benzene rings is 1. The third-order valence-corrected chi connectivity index (χ3v) is 4.54. The molecule has 1 heterocycles. The van der Waals surface area contributed by atoms with Gasteiger partial charge in [0.2, 0.25) is 11.8 Å². The average molecular weight is 372 g/mol. The zero-order valence-corrected chi connectivity index (χ0v) is 15.0. The lowest BCUT2D eigenvalue weighted by Gasteiger charge is -2.18. The molecule has 1 saturated heterocycles. The average Bonchev–Trinajstić information content (AvgIpc) is 2.99. The molecule has 8 heteroatoms. The van der Waals surface area contributed by atoms with Crippen molar-refractivity contribution in [2.24, 2.45) is 11.7 Å². The van der Waals surface area contributed by atoms with Gasteiger partial charge in [0.1, 0.15) is 5.84 Å². The van der Waals surface area contributed by atoms with Crippen molar-refractivity contribution in [2.45, 2.75) is 31.7 Å². The van der Waals surface area contributed by atoms with Crippen LogP contribution in [0.15, 0.2) is 36.9 Å². The van der Waals surface area contributed by atoms with Crippen LogP contribution < -0.4 is 16.0 Å². The summed E-state index contributed by atoms with van der Waals surface area (Å²) < 4.78 is 0. The number of carboxylic acid groups (broad SMARTS) is 1. The van der Waals surface area contributed by atoms with Crippen LogP contribution in [0.2, 0.25) is 0 Å². The lowest BCUT2D eigenvalue weighted by atomic mass is 10.0. The summed E-state index contributed by atoms with van der Waals surface area (Å²) in [4.78, 5) is 37.1. The standard InChI is InChI=1S/C19H24N4O4/c1-2-14(5-8-17(25)26)22-16(24)11-13-9-10-23(19(13)27)15-6-3-12(4-7-15)18(20)21/h2-4,6-7,13-14H,1,5,8-11H2,(H3,20,21)(H,22,24)(H,25,26). The molecule has 2 rings (SSSR count). The number of hydrogen-bond donors (Lipinski definition) is 4. The van der Waals surface area contributed by atoms with E-state index in [1.807, 2.05) is 0 Å². The van der Waals surface area contributed by atoms with Gasteiger partial charge in [-0.1, -0.05) is 6.08 Å². The van der Waals surface area contributed by atoms with Crippen LogP contribution in [0.4, 0.5) is 5.69 Å². The van der Waals surface area contributed by atoms with Gasteiger partial charge in [-0.05, 0) is 37.1 Å². The predicted molar refractivity (Wildman–Crippen MR) is 102 cm³/mol. The lowest BCUT2D eigenvalue weighted by Crippen LogP contribution is -2.36. The van der Waals surface area contributed by atoms with E-state index < -0.39 is 17.9 Å². The highest BCUT2D eigenvalue weighted by molar-refractivity contribution is 6.00. The van der Waals surface area contributed by atoms with Gasteiger partial charge in [-0.2, -0.15) is 0 Å². The van der Waals surface area contributed by atoms with Gasteiger partial charge in [-0.15, -0.1) is 6.58 Å². The smallest absolute Gasteiger partial charge is 0.303 e. The van der Waals surface area contributed by atoms with Crippen LogP contribution >= 0.6 is 0 Å². The number of nitrogens with one attached hydrogen (secondary N) is 2. The predicted octanol–water partition coefficient (Wildman–Crippen LogP) is 1.25. The Morgan fingerprint density at radius 1 is 1.41 bits per heavy atom. The molecule has 1 aliphatic rings. The first-order valence-corrected chi connectivity index (χ1v) is 8.71. The van der Waals surface area contributed by atoms with E-state index >= 15 is 0 Å². The number of rotatable bonds is 9. The van der Waals surface area contributed by atoms with Crippen molar-refractivity contribution in [1.29, 1.82) is 5.41 Å². The maximum atomic E-state index is 12.6. The van der Waals surface area contributed by atoms with Crippen LogP contribution in [0.5, 0.6) is 0 Å². The molecule has 0 saturated carbocycles. The molecule has 5 N–H and O–H groups in total. The maximum Gasteiger partial charge on any atom is 0.303 e. The van der Waals surface area contributed by atoms with Gasteiger partial charge in [0.05, 0.1) is 0 Å². The van der Waals surface area contributed by atoms with E-state index in [-0.39, 0.29) is 36.9 Å². The molecule has 27 heavy (non-hydrogen) atoms. The largest absolute Gasteiger partial charge is 0.481 e. The van der Waals surface area contributed by atoms with E-state index in [2.05, 4.69) is 11.9 Å². The second-order valence-electron chi connectivity index (χ2n) is 6.48. The summed E-state index contributed by atoms with van der Waals surface area (Å²) in [5, 5.41) is 18.8. The van der Waals surface area contributed by atoms with Gasteiger partial charge < -0.3 is 21.1 Å². The van der Waals surface area contributed by atoms with Crippen LogP contribution in [-0.2, 0) is 14.4 Å². The summed E-state index contributed by atoms with van der Waals surface area (Å²) in [5.41, 5.74) is 6.72. The highest BCUT2D eigenvalue weighted by atomic mass is 16.4. The molecule has 0 aliphatic carbocycles. The van der Waals surface area contributed by atoms with Crippen LogP contribution in [0, 0.1) is 11.3 Å². The number of hydrogen-bond acceptors (Lipinski definition) is 4. The fraction of sp³-hybridized carbons (Fsp3) is 0.368. The van der Waals surface area contributed by atoms with Crippen molar-refractivity contribution in [3.8, 4) is 0 Å². The topological polar surface area (TPSA) is 137 Å². The number of amidine groups is 1. The molecule has 2 amide bonds. The van der Waals surface area contributed by atoms with Gasteiger partial charge in [0.15, 0.2) is 0 Å². The van der Waals surface area contributed by atoms with E-state index in [0.29, 0.717) is 24.2 Å². The Hall–Kier alpha value is -3.16. The molecule has 1 aromatic rings. The third-order valence-electron chi connectivity index (χ3n) is 4.54. The molecule has 1 fully saturated rings. The molecule has 1 aromatic carbocycles. The number of carboxylic acids is 1. The molecule has 8 nitrogen and oxygen atoms in total. The second-order valence-corrected chi connectivity index (χ2v) is 6.48. The van der Waals surface area contributed by atoms with E-state index in [1.54, 1.807) is 29.2 Å². The van der Waals surface area contributed by atoms with E-state index in [0.717, 1.165) is 0 Å². The van der Waals surface area contributed by atoms with Crippen LogP contribution in [0.3, 0.4) is 0 Å². The van der Waals surface area contributed by atoms with Crippen molar-refractivity contribution in [3.05, 3.63) is 42.5 Å². The van der Waals surface area contributed by atoms with Crippen LogP contribution in [0.1, 0.15) is 31.2 Å². The summed E-state index contributed by atoms with van der Waals surface area (Å²) in [5.74, 6) is -1.81. The SMILES string of the molecule is C=CC(CCC(=O)O)NC(=O)CC1CCN(c2ccc(C(=N)N)cc2)C1=O. The molecule has 0 spiro atoms. The first kappa shape index (κ1) is 20.2. The van der Waals surface area contributed by atoms with Gasteiger partial charge >= 0.3 is 5.97 Å². The molecule has 1 aliphatic heterocycles. The minimum Gasteiger partial charge on any atom is -0.481 e. The number of carbonyl (C=O) groups excluding carboxylic acids is 2. The number of carbonyl (C=O) groups is 3. The second kappa shape index (κ2) is 8.98. The number of nitrogen functional groups attached to an aromatic ring is 1.